The molecule has 1 saturated heterocycles. The molecule has 5 nitrogen and oxygen atoms in total. The van der Waals surface area contributed by atoms with Gasteiger partial charge in [0.15, 0.2) is 0 Å². The molecule has 1 fully saturated rings. The van der Waals surface area contributed by atoms with Gasteiger partial charge in [-0.25, -0.2) is 4.98 Å². The number of hydrogen-bond donors (Lipinski definition) is 2. The molecule has 2 rings (SSSR count). The minimum Gasteiger partial charge on any atom is -0.478 e. The Morgan fingerprint density at radius 2 is 2.10 bits per heavy atom. The third-order valence-electron chi connectivity index (χ3n) is 3.77. The van der Waals surface area contributed by atoms with Crippen LogP contribution in [0.15, 0.2) is 6.07 Å². The average molecular weight is 278 g/mol. The summed E-state index contributed by atoms with van der Waals surface area (Å²) in [6.45, 7) is 10.2. The molecular formula is C15H26N4O. The van der Waals surface area contributed by atoms with Crippen molar-refractivity contribution in [1.82, 2.24) is 15.3 Å². The van der Waals surface area contributed by atoms with Crippen molar-refractivity contribution in [2.45, 2.75) is 40.0 Å². The summed E-state index contributed by atoms with van der Waals surface area (Å²) < 4.78 is 5.59. The normalized spacial score (nSPS) is 17.8. The van der Waals surface area contributed by atoms with Crippen molar-refractivity contribution in [2.24, 2.45) is 5.41 Å². The second kappa shape index (κ2) is 6.88. The molecule has 5 heteroatoms. The zero-order chi connectivity index (χ0) is 14.4. The first-order chi connectivity index (χ1) is 9.61. The fraction of sp³-hybridized carbons (Fsp3) is 0.733. The number of aromatic nitrogens is 2. The molecule has 0 aliphatic carbocycles. The van der Waals surface area contributed by atoms with E-state index in [0.717, 1.165) is 31.7 Å². The lowest BCUT2D eigenvalue weighted by molar-refractivity contribution is 0.246. The minimum atomic E-state index is 0.322. The highest BCUT2D eigenvalue weighted by molar-refractivity contribution is 5.31. The number of aryl methyl sites for hydroxylation is 1. The van der Waals surface area contributed by atoms with Gasteiger partial charge in [-0.05, 0) is 44.7 Å². The Kier molecular flexibility index (Phi) is 5.17. The maximum atomic E-state index is 5.59. The zero-order valence-corrected chi connectivity index (χ0v) is 12.8. The van der Waals surface area contributed by atoms with E-state index in [1.54, 1.807) is 0 Å². The van der Waals surface area contributed by atoms with Crippen molar-refractivity contribution in [3.63, 3.8) is 0 Å². The Labute approximate surface area is 121 Å². The second-order valence-corrected chi connectivity index (χ2v) is 5.93. The van der Waals surface area contributed by atoms with Crippen LogP contribution in [0.1, 0.15) is 38.8 Å². The van der Waals surface area contributed by atoms with E-state index in [4.69, 9.17) is 4.74 Å². The lowest BCUT2D eigenvalue weighted by Crippen LogP contribution is -2.39. The van der Waals surface area contributed by atoms with Crippen LogP contribution in [0, 0.1) is 12.3 Å². The Morgan fingerprint density at radius 1 is 1.35 bits per heavy atom. The number of ether oxygens (including phenoxy) is 1. The average Bonchev–Trinajstić information content (AvgIpc) is 2.43. The summed E-state index contributed by atoms with van der Waals surface area (Å²) in [5.74, 6) is 1.34. The van der Waals surface area contributed by atoms with Gasteiger partial charge in [0, 0.05) is 18.3 Å². The number of hydrogen-bond acceptors (Lipinski definition) is 5. The predicted molar refractivity (Wildman–Crippen MR) is 81.3 cm³/mol. The summed E-state index contributed by atoms with van der Waals surface area (Å²) in [5, 5.41) is 6.78. The van der Waals surface area contributed by atoms with Crippen molar-refractivity contribution >= 4 is 5.95 Å². The largest absolute Gasteiger partial charge is 0.478 e. The maximum absolute atomic E-state index is 5.59. The standard InChI is InChI=1S/C15H26N4O/c1-4-9-20-13-10-12(2)18-14(19-13)17-11-15(3)5-7-16-8-6-15/h10,16H,4-9,11H2,1-3H3,(H,17,18,19). The molecule has 2 N–H and O–H groups in total. The number of nitrogens with zero attached hydrogens (tertiary/aromatic N) is 2. The molecule has 0 saturated carbocycles. The molecule has 0 spiro atoms. The van der Waals surface area contributed by atoms with Crippen LogP contribution in [0.4, 0.5) is 5.95 Å². The van der Waals surface area contributed by atoms with Crippen molar-refractivity contribution < 1.29 is 4.74 Å². The predicted octanol–water partition coefficient (Wildman–Crippen LogP) is 2.38. The SMILES string of the molecule is CCCOc1cc(C)nc(NCC2(C)CCNCC2)n1. The Hall–Kier alpha value is -1.36. The van der Waals surface area contributed by atoms with Crippen LogP contribution in [0.3, 0.4) is 0 Å². The van der Waals surface area contributed by atoms with E-state index in [-0.39, 0.29) is 0 Å². The molecule has 0 amide bonds. The Bertz CT molecular complexity index is 430. The van der Waals surface area contributed by atoms with E-state index in [9.17, 15) is 0 Å². The quantitative estimate of drug-likeness (QED) is 0.836. The molecule has 1 aromatic rings. The highest BCUT2D eigenvalue weighted by Gasteiger charge is 2.26. The van der Waals surface area contributed by atoms with Gasteiger partial charge in [0.2, 0.25) is 11.8 Å². The second-order valence-electron chi connectivity index (χ2n) is 5.93. The first kappa shape index (κ1) is 15.0. The molecular weight excluding hydrogens is 252 g/mol. The summed E-state index contributed by atoms with van der Waals surface area (Å²) in [6.07, 6.45) is 3.35. The monoisotopic (exact) mass is 278 g/mol. The van der Waals surface area contributed by atoms with Gasteiger partial charge in [0.1, 0.15) is 0 Å². The minimum absolute atomic E-state index is 0.322. The van der Waals surface area contributed by atoms with Crippen molar-refractivity contribution in [2.75, 3.05) is 31.6 Å². The van der Waals surface area contributed by atoms with Crippen LogP contribution in [0.25, 0.3) is 0 Å². The number of piperidine rings is 1. The van der Waals surface area contributed by atoms with Gasteiger partial charge < -0.3 is 15.4 Å². The van der Waals surface area contributed by atoms with Gasteiger partial charge >= 0.3 is 0 Å². The fourth-order valence-electron chi connectivity index (χ4n) is 2.40. The van der Waals surface area contributed by atoms with Crippen LogP contribution in [0.2, 0.25) is 0 Å². The molecule has 20 heavy (non-hydrogen) atoms. The molecule has 0 unspecified atom stereocenters. The summed E-state index contributed by atoms with van der Waals surface area (Å²) in [5.41, 5.74) is 1.26. The van der Waals surface area contributed by atoms with E-state index in [2.05, 4.69) is 34.4 Å². The van der Waals surface area contributed by atoms with Gasteiger partial charge in [-0.15, -0.1) is 0 Å². The van der Waals surface area contributed by atoms with Gasteiger partial charge in [0.05, 0.1) is 6.61 Å². The van der Waals surface area contributed by atoms with Gasteiger partial charge in [0.25, 0.3) is 0 Å². The summed E-state index contributed by atoms with van der Waals surface area (Å²) in [6, 6.07) is 1.88. The molecule has 0 bridgehead atoms. The van der Waals surface area contributed by atoms with Gasteiger partial charge in [-0.3, -0.25) is 0 Å². The lowest BCUT2D eigenvalue weighted by Gasteiger charge is -2.34. The molecule has 0 aromatic carbocycles. The van der Waals surface area contributed by atoms with E-state index in [0.29, 0.717) is 23.9 Å². The number of rotatable bonds is 6. The highest BCUT2D eigenvalue weighted by atomic mass is 16.5. The Balaban J connectivity index is 1.96. The summed E-state index contributed by atoms with van der Waals surface area (Å²) in [4.78, 5) is 8.87. The van der Waals surface area contributed by atoms with Crippen LogP contribution >= 0.6 is 0 Å². The molecule has 112 valence electrons. The van der Waals surface area contributed by atoms with E-state index in [1.165, 1.54) is 12.8 Å². The van der Waals surface area contributed by atoms with Gasteiger partial charge in [-0.1, -0.05) is 13.8 Å². The number of nitrogens with one attached hydrogen (secondary N) is 2. The van der Waals surface area contributed by atoms with E-state index >= 15 is 0 Å². The number of anilines is 1. The topological polar surface area (TPSA) is 59.1 Å². The zero-order valence-electron chi connectivity index (χ0n) is 12.8. The van der Waals surface area contributed by atoms with Crippen molar-refractivity contribution in [3.05, 3.63) is 11.8 Å². The summed E-state index contributed by atoms with van der Waals surface area (Å²) >= 11 is 0. The molecule has 1 aliphatic rings. The first-order valence-corrected chi connectivity index (χ1v) is 7.54. The molecule has 1 aromatic heterocycles. The molecule has 1 aliphatic heterocycles. The molecule has 0 atom stereocenters. The lowest BCUT2D eigenvalue weighted by atomic mass is 9.81. The van der Waals surface area contributed by atoms with E-state index in [1.807, 2.05) is 13.0 Å². The third-order valence-corrected chi connectivity index (χ3v) is 3.77. The Morgan fingerprint density at radius 3 is 2.80 bits per heavy atom. The molecule has 2 heterocycles. The maximum Gasteiger partial charge on any atom is 0.226 e. The first-order valence-electron chi connectivity index (χ1n) is 7.54. The van der Waals surface area contributed by atoms with Crippen LogP contribution in [-0.4, -0.2) is 36.2 Å². The highest BCUT2D eigenvalue weighted by Crippen LogP contribution is 2.28. The van der Waals surface area contributed by atoms with Gasteiger partial charge in [-0.2, -0.15) is 4.98 Å². The third kappa shape index (κ3) is 4.34. The summed E-state index contributed by atoms with van der Waals surface area (Å²) in [7, 11) is 0. The van der Waals surface area contributed by atoms with Crippen molar-refractivity contribution in [1.29, 1.82) is 0 Å². The fourth-order valence-corrected chi connectivity index (χ4v) is 2.40. The molecule has 0 radical (unpaired) electrons. The van der Waals surface area contributed by atoms with Crippen LogP contribution in [-0.2, 0) is 0 Å². The smallest absolute Gasteiger partial charge is 0.226 e. The van der Waals surface area contributed by atoms with Crippen LogP contribution in [0.5, 0.6) is 5.88 Å². The van der Waals surface area contributed by atoms with Crippen LogP contribution < -0.4 is 15.4 Å². The van der Waals surface area contributed by atoms with E-state index < -0.39 is 0 Å². The van der Waals surface area contributed by atoms with Crippen molar-refractivity contribution in [3.8, 4) is 5.88 Å².